The summed E-state index contributed by atoms with van der Waals surface area (Å²) in [5.74, 6) is -0.358. The van der Waals surface area contributed by atoms with Gasteiger partial charge in [-0.25, -0.2) is 0 Å². The van der Waals surface area contributed by atoms with Gasteiger partial charge in [-0.05, 0) is 25.3 Å². The SMILES string of the molecule is Cc1nocc1C1(c2ccccc2)CCC2(CC1)OCCO2. The highest BCUT2D eigenvalue weighted by molar-refractivity contribution is 5.40. The van der Waals surface area contributed by atoms with Gasteiger partial charge in [0.05, 0.1) is 18.9 Å². The highest BCUT2D eigenvalue weighted by Crippen LogP contribution is 2.50. The van der Waals surface area contributed by atoms with Crippen LogP contribution in [-0.4, -0.2) is 24.2 Å². The average Bonchev–Trinajstić information content (AvgIpc) is 3.20. The molecule has 4 rings (SSSR count). The van der Waals surface area contributed by atoms with Gasteiger partial charge in [-0.15, -0.1) is 0 Å². The maximum Gasteiger partial charge on any atom is 0.168 e. The molecule has 2 fully saturated rings. The van der Waals surface area contributed by atoms with Crippen molar-refractivity contribution in [3.05, 3.63) is 53.4 Å². The number of aryl methyl sites for hydroxylation is 1. The Bertz CT molecular complexity index is 633. The summed E-state index contributed by atoms with van der Waals surface area (Å²) < 4.78 is 17.0. The lowest BCUT2D eigenvalue weighted by Gasteiger charge is -2.43. The molecule has 116 valence electrons. The van der Waals surface area contributed by atoms with E-state index >= 15 is 0 Å². The molecule has 4 heteroatoms. The van der Waals surface area contributed by atoms with Gasteiger partial charge in [-0.1, -0.05) is 35.5 Å². The Labute approximate surface area is 130 Å². The molecule has 2 heterocycles. The molecule has 1 aromatic carbocycles. The van der Waals surface area contributed by atoms with Gasteiger partial charge in [0, 0.05) is 23.8 Å². The molecule has 4 nitrogen and oxygen atoms in total. The number of aromatic nitrogens is 1. The molecule has 2 aromatic rings. The van der Waals surface area contributed by atoms with Crippen molar-refractivity contribution in [3.63, 3.8) is 0 Å². The third-order valence-electron chi connectivity index (χ3n) is 5.27. The fraction of sp³-hybridized carbons (Fsp3) is 0.500. The first kappa shape index (κ1) is 14.0. The third kappa shape index (κ3) is 2.09. The number of ether oxygens (including phenoxy) is 2. The molecular formula is C18H21NO3. The molecule has 2 aliphatic rings. The molecule has 0 bridgehead atoms. The van der Waals surface area contributed by atoms with Crippen molar-refractivity contribution >= 4 is 0 Å². The van der Waals surface area contributed by atoms with Gasteiger partial charge in [-0.2, -0.15) is 0 Å². The molecule has 0 atom stereocenters. The Morgan fingerprint density at radius 3 is 2.23 bits per heavy atom. The van der Waals surface area contributed by atoms with Crippen molar-refractivity contribution in [2.75, 3.05) is 13.2 Å². The standard InChI is InChI=1S/C18H21NO3/c1-14-16(13-22-19-14)17(15-5-3-2-4-6-15)7-9-18(10-8-17)20-11-12-21-18/h2-6,13H,7-12H2,1H3. The topological polar surface area (TPSA) is 44.5 Å². The third-order valence-corrected chi connectivity index (χ3v) is 5.27. The number of hydrogen-bond acceptors (Lipinski definition) is 4. The van der Waals surface area contributed by atoms with E-state index in [1.54, 1.807) is 0 Å². The molecule has 1 saturated carbocycles. The molecule has 0 amide bonds. The van der Waals surface area contributed by atoms with Gasteiger partial charge in [0.15, 0.2) is 5.79 Å². The Morgan fingerprint density at radius 2 is 1.64 bits per heavy atom. The van der Waals surface area contributed by atoms with Crippen LogP contribution in [-0.2, 0) is 14.9 Å². The molecule has 1 aliphatic heterocycles. The molecule has 1 aromatic heterocycles. The second kappa shape index (κ2) is 5.21. The Morgan fingerprint density at radius 1 is 0.955 bits per heavy atom. The molecule has 0 radical (unpaired) electrons. The fourth-order valence-corrected chi connectivity index (χ4v) is 4.07. The zero-order valence-corrected chi connectivity index (χ0v) is 12.9. The molecule has 1 saturated heterocycles. The highest BCUT2D eigenvalue weighted by atomic mass is 16.7. The van der Waals surface area contributed by atoms with Crippen LogP contribution < -0.4 is 0 Å². The molecular weight excluding hydrogens is 278 g/mol. The van der Waals surface area contributed by atoms with Crippen molar-refractivity contribution in [1.29, 1.82) is 0 Å². The van der Waals surface area contributed by atoms with Gasteiger partial charge in [0.1, 0.15) is 6.26 Å². The monoisotopic (exact) mass is 299 g/mol. The van der Waals surface area contributed by atoms with E-state index < -0.39 is 0 Å². The minimum atomic E-state index is -0.358. The summed E-state index contributed by atoms with van der Waals surface area (Å²) in [5.41, 5.74) is 3.46. The van der Waals surface area contributed by atoms with E-state index in [-0.39, 0.29) is 11.2 Å². The van der Waals surface area contributed by atoms with Crippen LogP contribution in [0.4, 0.5) is 0 Å². The summed E-state index contributed by atoms with van der Waals surface area (Å²) in [5, 5.41) is 4.11. The Balaban J connectivity index is 1.74. The van der Waals surface area contributed by atoms with E-state index in [9.17, 15) is 0 Å². The predicted octanol–water partition coefficient (Wildman–Crippen LogP) is 3.59. The number of nitrogens with zero attached hydrogens (tertiary/aromatic N) is 1. The Hall–Kier alpha value is -1.65. The number of benzene rings is 1. The molecule has 0 unspecified atom stereocenters. The minimum Gasteiger partial charge on any atom is -0.364 e. The molecule has 0 N–H and O–H groups in total. The number of rotatable bonds is 2. The van der Waals surface area contributed by atoms with Crippen LogP contribution in [0.3, 0.4) is 0 Å². The van der Waals surface area contributed by atoms with Gasteiger partial charge in [0.25, 0.3) is 0 Å². The molecule has 1 spiro atoms. The maximum atomic E-state index is 5.90. The quantitative estimate of drug-likeness (QED) is 0.850. The summed E-state index contributed by atoms with van der Waals surface area (Å²) in [6.45, 7) is 3.45. The lowest BCUT2D eigenvalue weighted by atomic mass is 9.64. The van der Waals surface area contributed by atoms with Crippen LogP contribution in [0.2, 0.25) is 0 Å². The van der Waals surface area contributed by atoms with Crippen molar-refractivity contribution < 1.29 is 14.0 Å². The fourth-order valence-electron chi connectivity index (χ4n) is 4.07. The average molecular weight is 299 g/mol. The van der Waals surface area contributed by atoms with E-state index in [0.29, 0.717) is 13.2 Å². The zero-order valence-electron chi connectivity index (χ0n) is 12.9. The van der Waals surface area contributed by atoms with Crippen LogP contribution in [0.25, 0.3) is 0 Å². The first-order chi connectivity index (χ1) is 10.7. The highest BCUT2D eigenvalue weighted by Gasteiger charge is 2.48. The van der Waals surface area contributed by atoms with Crippen LogP contribution in [0.15, 0.2) is 41.1 Å². The van der Waals surface area contributed by atoms with Crippen molar-refractivity contribution in [2.24, 2.45) is 0 Å². The molecule has 22 heavy (non-hydrogen) atoms. The van der Waals surface area contributed by atoms with E-state index in [0.717, 1.165) is 31.4 Å². The first-order valence-corrected chi connectivity index (χ1v) is 7.99. The summed E-state index contributed by atoms with van der Waals surface area (Å²) in [4.78, 5) is 0. The summed E-state index contributed by atoms with van der Waals surface area (Å²) in [7, 11) is 0. The second-order valence-electron chi connectivity index (χ2n) is 6.37. The van der Waals surface area contributed by atoms with E-state index in [2.05, 4.69) is 35.5 Å². The number of hydrogen-bond donors (Lipinski definition) is 0. The first-order valence-electron chi connectivity index (χ1n) is 7.99. The lowest BCUT2D eigenvalue weighted by Crippen LogP contribution is -2.42. The van der Waals surface area contributed by atoms with Crippen molar-refractivity contribution in [2.45, 2.75) is 43.8 Å². The van der Waals surface area contributed by atoms with Crippen molar-refractivity contribution in [3.8, 4) is 0 Å². The lowest BCUT2D eigenvalue weighted by molar-refractivity contribution is -0.183. The largest absolute Gasteiger partial charge is 0.364 e. The van der Waals surface area contributed by atoms with Gasteiger partial charge < -0.3 is 14.0 Å². The van der Waals surface area contributed by atoms with E-state index in [4.69, 9.17) is 14.0 Å². The van der Waals surface area contributed by atoms with Crippen LogP contribution in [0, 0.1) is 6.92 Å². The van der Waals surface area contributed by atoms with Gasteiger partial charge >= 0.3 is 0 Å². The van der Waals surface area contributed by atoms with Crippen molar-refractivity contribution in [1.82, 2.24) is 5.16 Å². The second-order valence-corrected chi connectivity index (χ2v) is 6.37. The maximum absolute atomic E-state index is 5.90. The normalized spacial score (nSPS) is 23.0. The zero-order chi connectivity index (χ0) is 15.0. The van der Waals surface area contributed by atoms with Crippen LogP contribution in [0.1, 0.15) is 42.5 Å². The van der Waals surface area contributed by atoms with Gasteiger partial charge in [-0.3, -0.25) is 0 Å². The molecule has 1 aliphatic carbocycles. The summed E-state index contributed by atoms with van der Waals surface area (Å²) >= 11 is 0. The Kier molecular flexibility index (Phi) is 3.31. The predicted molar refractivity (Wildman–Crippen MR) is 81.6 cm³/mol. The van der Waals surface area contributed by atoms with E-state index in [1.807, 2.05) is 13.2 Å². The summed E-state index contributed by atoms with van der Waals surface area (Å²) in [6.07, 6.45) is 5.61. The van der Waals surface area contributed by atoms with E-state index in [1.165, 1.54) is 11.1 Å². The summed E-state index contributed by atoms with van der Waals surface area (Å²) in [6, 6.07) is 10.7. The van der Waals surface area contributed by atoms with Gasteiger partial charge in [0.2, 0.25) is 0 Å². The van der Waals surface area contributed by atoms with Crippen LogP contribution in [0.5, 0.6) is 0 Å². The van der Waals surface area contributed by atoms with Crippen LogP contribution >= 0.6 is 0 Å². The minimum absolute atomic E-state index is 0.0497. The smallest absolute Gasteiger partial charge is 0.168 e.